The molecule has 2 unspecified atom stereocenters. The SMILES string of the molecule is CS(=O)(=O)OC1C(=O)N(c2cc3c4ccccc4ccc3c3ccccc23)C1c1ccc(F)cn1. The van der Waals surface area contributed by atoms with E-state index in [0.717, 1.165) is 44.8 Å². The van der Waals surface area contributed by atoms with Gasteiger partial charge in [0.25, 0.3) is 16.0 Å². The largest absolute Gasteiger partial charge is 0.297 e. The van der Waals surface area contributed by atoms with Gasteiger partial charge in [-0.1, -0.05) is 60.7 Å². The van der Waals surface area contributed by atoms with Crippen molar-refractivity contribution in [1.29, 1.82) is 0 Å². The summed E-state index contributed by atoms with van der Waals surface area (Å²) in [7, 11) is -3.93. The van der Waals surface area contributed by atoms with E-state index in [4.69, 9.17) is 4.18 Å². The molecule has 0 aliphatic carbocycles. The van der Waals surface area contributed by atoms with Crippen molar-refractivity contribution >= 4 is 54.0 Å². The fraction of sp³-hybridized carbons (Fsp3) is 0.111. The summed E-state index contributed by atoms with van der Waals surface area (Å²) in [5.41, 5.74) is 0.945. The van der Waals surface area contributed by atoms with Gasteiger partial charge in [0.2, 0.25) is 0 Å². The van der Waals surface area contributed by atoms with Gasteiger partial charge in [-0.25, -0.2) is 4.39 Å². The molecule has 1 saturated heterocycles. The molecule has 1 aromatic heterocycles. The number of β-lactam (4-membered cyclic amide) rings is 1. The quantitative estimate of drug-likeness (QED) is 0.200. The highest BCUT2D eigenvalue weighted by Crippen LogP contribution is 2.46. The average Bonchev–Trinajstić information content (AvgIpc) is 2.85. The number of anilines is 1. The molecular weight excluding hydrogens is 467 g/mol. The summed E-state index contributed by atoms with van der Waals surface area (Å²) >= 11 is 0. The van der Waals surface area contributed by atoms with E-state index >= 15 is 0 Å². The Hall–Kier alpha value is -3.88. The van der Waals surface area contributed by atoms with Gasteiger partial charge >= 0.3 is 0 Å². The molecule has 0 bridgehead atoms. The molecule has 174 valence electrons. The van der Waals surface area contributed by atoms with E-state index in [-0.39, 0.29) is 0 Å². The Labute approximate surface area is 200 Å². The monoisotopic (exact) mass is 486 g/mol. The number of halogens is 1. The van der Waals surface area contributed by atoms with E-state index < -0.39 is 34.0 Å². The smallest absolute Gasteiger partial charge is 0.265 e. The zero-order valence-electron chi connectivity index (χ0n) is 18.6. The minimum atomic E-state index is -3.93. The number of pyridine rings is 1. The van der Waals surface area contributed by atoms with Crippen molar-refractivity contribution in [3.8, 4) is 0 Å². The lowest BCUT2D eigenvalue weighted by Gasteiger charge is -2.45. The maximum Gasteiger partial charge on any atom is 0.265 e. The van der Waals surface area contributed by atoms with Crippen molar-refractivity contribution in [2.75, 3.05) is 11.2 Å². The van der Waals surface area contributed by atoms with Crippen LogP contribution in [0.2, 0.25) is 0 Å². The molecule has 1 aliphatic heterocycles. The lowest BCUT2D eigenvalue weighted by Crippen LogP contribution is -2.61. The molecule has 1 aliphatic rings. The van der Waals surface area contributed by atoms with E-state index in [1.54, 1.807) is 0 Å². The zero-order valence-corrected chi connectivity index (χ0v) is 19.4. The van der Waals surface area contributed by atoms with Gasteiger partial charge in [-0.2, -0.15) is 8.42 Å². The second-order valence-corrected chi connectivity index (χ2v) is 10.2. The van der Waals surface area contributed by atoms with Gasteiger partial charge in [0.1, 0.15) is 11.9 Å². The van der Waals surface area contributed by atoms with E-state index in [9.17, 15) is 17.6 Å². The van der Waals surface area contributed by atoms with Crippen LogP contribution in [-0.4, -0.2) is 31.7 Å². The van der Waals surface area contributed by atoms with Gasteiger partial charge in [0.15, 0.2) is 6.10 Å². The van der Waals surface area contributed by atoms with Crippen molar-refractivity contribution in [2.45, 2.75) is 12.1 Å². The maximum absolute atomic E-state index is 13.6. The molecule has 8 heteroatoms. The summed E-state index contributed by atoms with van der Waals surface area (Å²) in [6, 6.07) is 23.7. The predicted octanol–water partition coefficient (Wildman–Crippen LogP) is 5.11. The van der Waals surface area contributed by atoms with Crippen LogP contribution in [0.15, 0.2) is 85.1 Å². The lowest BCUT2D eigenvalue weighted by molar-refractivity contribution is -0.134. The number of benzene rings is 4. The molecule has 6 rings (SSSR count). The van der Waals surface area contributed by atoms with Crippen molar-refractivity contribution in [1.82, 2.24) is 4.98 Å². The highest BCUT2D eigenvalue weighted by atomic mass is 32.2. The molecule has 0 radical (unpaired) electrons. The number of fused-ring (bicyclic) bond motifs is 5. The number of amides is 1. The normalized spacial score (nSPS) is 18.3. The van der Waals surface area contributed by atoms with Gasteiger partial charge in [-0.05, 0) is 45.1 Å². The van der Waals surface area contributed by atoms with Gasteiger partial charge in [-0.3, -0.25) is 18.9 Å². The summed E-state index contributed by atoms with van der Waals surface area (Å²) < 4.78 is 42.6. The van der Waals surface area contributed by atoms with Crippen LogP contribution in [0.4, 0.5) is 10.1 Å². The number of hydrogen-bond donors (Lipinski definition) is 0. The Balaban J connectivity index is 1.62. The first-order valence-corrected chi connectivity index (χ1v) is 12.8. The molecule has 1 fully saturated rings. The fourth-order valence-electron chi connectivity index (χ4n) is 4.90. The molecule has 0 spiro atoms. The van der Waals surface area contributed by atoms with Crippen LogP contribution in [-0.2, 0) is 19.1 Å². The zero-order chi connectivity index (χ0) is 24.3. The van der Waals surface area contributed by atoms with Crippen LogP contribution < -0.4 is 4.90 Å². The van der Waals surface area contributed by atoms with E-state index in [1.165, 1.54) is 17.0 Å². The van der Waals surface area contributed by atoms with Gasteiger partial charge in [0.05, 0.1) is 23.8 Å². The number of carbonyl (C=O) groups is 1. The molecule has 2 atom stereocenters. The predicted molar refractivity (Wildman–Crippen MR) is 133 cm³/mol. The number of aromatic nitrogens is 1. The average molecular weight is 487 g/mol. The summed E-state index contributed by atoms with van der Waals surface area (Å²) in [4.78, 5) is 19.0. The van der Waals surface area contributed by atoms with Crippen molar-refractivity contribution < 1.29 is 21.8 Å². The molecule has 4 aromatic carbocycles. The first kappa shape index (κ1) is 21.6. The van der Waals surface area contributed by atoms with Gasteiger partial charge < -0.3 is 0 Å². The van der Waals surface area contributed by atoms with E-state index in [1.807, 2.05) is 54.6 Å². The highest BCUT2D eigenvalue weighted by molar-refractivity contribution is 7.86. The number of hydrogen-bond acceptors (Lipinski definition) is 5. The molecular formula is C27H19FN2O4S. The van der Waals surface area contributed by atoms with Gasteiger partial charge in [-0.15, -0.1) is 0 Å². The summed E-state index contributed by atoms with van der Waals surface area (Å²) in [5.74, 6) is -1.04. The van der Waals surface area contributed by atoms with E-state index in [2.05, 4.69) is 17.1 Å². The van der Waals surface area contributed by atoms with Crippen molar-refractivity contribution in [2.24, 2.45) is 0 Å². The van der Waals surface area contributed by atoms with Crippen LogP contribution in [0.1, 0.15) is 11.7 Å². The Bertz CT molecular complexity index is 1750. The Morgan fingerprint density at radius 3 is 2.26 bits per heavy atom. The first-order chi connectivity index (χ1) is 16.8. The number of carbonyl (C=O) groups excluding carboxylic acids is 1. The second kappa shape index (κ2) is 7.83. The molecule has 5 aromatic rings. The molecule has 1 amide bonds. The van der Waals surface area contributed by atoms with Crippen molar-refractivity contribution in [3.05, 3.63) is 96.6 Å². The minimum absolute atomic E-state index is 0.335. The van der Waals surface area contributed by atoms with Crippen LogP contribution in [0.3, 0.4) is 0 Å². The van der Waals surface area contributed by atoms with Crippen LogP contribution >= 0.6 is 0 Å². The third-order valence-electron chi connectivity index (χ3n) is 6.38. The first-order valence-electron chi connectivity index (χ1n) is 11.0. The maximum atomic E-state index is 13.6. The Kier molecular flexibility index (Phi) is 4.84. The minimum Gasteiger partial charge on any atom is -0.297 e. The summed E-state index contributed by atoms with van der Waals surface area (Å²) in [6.45, 7) is 0. The molecule has 0 saturated carbocycles. The standard InChI is InChI=1S/C27H19FN2O4S/c1-35(32,33)34-26-25(23-13-11-17(28)15-29-23)30(27(26)31)24-14-22-18-7-3-2-6-16(18)10-12-20(22)19-8-4-5-9-21(19)24/h2-15,25-26H,1H3. The van der Waals surface area contributed by atoms with Crippen LogP contribution in [0.5, 0.6) is 0 Å². The Morgan fingerprint density at radius 2 is 1.54 bits per heavy atom. The second-order valence-electron chi connectivity index (χ2n) is 8.60. The highest BCUT2D eigenvalue weighted by Gasteiger charge is 2.53. The lowest BCUT2D eigenvalue weighted by atomic mass is 9.90. The third-order valence-corrected chi connectivity index (χ3v) is 6.94. The number of rotatable bonds is 4. The van der Waals surface area contributed by atoms with E-state index in [0.29, 0.717) is 11.4 Å². The van der Waals surface area contributed by atoms with Crippen LogP contribution in [0, 0.1) is 5.82 Å². The van der Waals surface area contributed by atoms with Crippen LogP contribution in [0.25, 0.3) is 32.3 Å². The topological polar surface area (TPSA) is 76.6 Å². The summed E-state index contributed by atoms with van der Waals surface area (Å²) in [5, 5.41) is 5.88. The molecule has 2 heterocycles. The fourth-order valence-corrected chi connectivity index (χ4v) is 5.47. The molecule has 6 nitrogen and oxygen atoms in total. The van der Waals surface area contributed by atoms with Crippen molar-refractivity contribution in [3.63, 3.8) is 0 Å². The molecule has 0 N–H and O–H groups in total. The summed E-state index contributed by atoms with van der Waals surface area (Å²) in [6.07, 6.45) is 0.653. The number of nitrogens with zero attached hydrogens (tertiary/aromatic N) is 2. The van der Waals surface area contributed by atoms with Gasteiger partial charge in [0, 0.05) is 5.39 Å². The molecule has 35 heavy (non-hydrogen) atoms. The third kappa shape index (κ3) is 3.53. The Morgan fingerprint density at radius 1 is 0.857 bits per heavy atom.